The molecule has 1 aromatic heterocycles. The van der Waals surface area contributed by atoms with E-state index in [1.54, 1.807) is 0 Å². The first-order valence-corrected chi connectivity index (χ1v) is 9.60. The summed E-state index contributed by atoms with van der Waals surface area (Å²) in [7, 11) is 0. The zero-order valence-corrected chi connectivity index (χ0v) is 16.2. The molecule has 1 aromatic carbocycles. The van der Waals surface area contributed by atoms with E-state index in [9.17, 15) is 9.90 Å². The van der Waals surface area contributed by atoms with Gasteiger partial charge in [0.15, 0.2) is 0 Å². The van der Waals surface area contributed by atoms with Gasteiger partial charge >= 0.3 is 0 Å². The molecule has 2 N–H and O–H groups in total. The number of aliphatic hydroxyl groups is 1. The van der Waals surface area contributed by atoms with Crippen LogP contribution in [0.15, 0.2) is 33.4 Å². The van der Waals surface area contributed by atoms with Gasteiger partial charge in [0, 0.05) is 25.3 Å². The highest BCUT2D eigenvalue weighted by molar-refractivity contribution is 9.11. The van der Waals surface area contributed by atoms with Crippen molar-refractivity contribution in [3.05, 3.63) is 50.1 Å². The van der Waals surface area contributed by atoms with E-state index in [0.29, 0.717) is 12.1 Å². The number of β-amino-alcohol motifs (C(OH)–C–C–N with tert-alkyl or cyclic N) is 1. The Bertz CT molecular complexity index is 752. The molecule has 128 valence electrons. The van der Waals surface area contributed by atoms with E-state index in [0.717, 1.165) is 29.0 Å². The van der Waals surface area contributed by atoms with Crippen molar-refractivity contribution in [2.75, 3.05) is 18.4 Å². The fourth-order valence-electron chi connectivity index (χ4n) is 3.11. The highest BCUT2D eigenvalue weighted by Gasteiger charge is 2.24. The fraction of sp³-hybridized carbons (Fsp3) is 0.389. The zero-order valence-electron chi connectivity index (χ0n) is 13.8. The van der Waals surface area contributed by atoms with E-state index in [4.69, 9.17) is 0 Å². The Balaban J connectivity index is 1.77. The van der Waals surface area contributed by atoms with Crippen LogP contribution in [0.5, 0.6) is 0 Å². The smallest absolute Gasteiger partial charge is 0.257 e. The molecule has 0 aliphatic carbocycles. The minimum absolute atomic E-state index is 0.0875. The van der Waals surface area contributed by atoms with Gasteiger partial charge in [0.1, 0.15) is 0 Å². The lowest BCUT2D eigenvalue weighted by Crippen LogP contribution is -2.41. The van der Waals surface area contributed by atoms with E-state index in [-0.39, 0.29) is 5.91 Å². The predicted octanol–water partition coefficient (Wildman–Crippen LogP) is 3.89. The Labute approximate surface area is 154 Å². The zero-order chi connectivity index (χ0) is 17.3. The number of halogens is 1. The van der Waals surface area contributed by atoms with Crippen LogP contribution in [-0.4, -0.2) is 34.6 Å². The molecule has 0 spiro atoms. The van der Waals surface area contributed by atoms with Gasteiger partial charge in [-0.3, -0.25) is 9.69 Å². The Morgan fingerprint density at radius 1 is 1.42 bits per heavy atom. The number of thiophene rings is 1. The van der Waals surface area contributed by atoms with Crippen molar-refractivity contribution in [1.29, 1.82) is 0 Å². The van der Waals surface area contributed by atoms with Gasteiger partial charge < -0.3 is 10.4 Å². The molecule has 3 rings (SSSR count). The van der Waals surface area contributed by atoms with Gasteiger partial charge in [-0.25, -0.2) is 0 Å². The minimum atomic E-state index is -0.700. The van der Waals surface area contributed by atoms with Crippen molar-refractivity contribution < 1.29 is 9.90 Å². The molecule has 0 radical (unpaired) electrons. The lowest BCUT2D eigenvalue weighted by Gasteiger charge is -2.33. The summed E-state index contributed by atoms with van der Waals surface area (Å²) in [5.41, 5.74) is 3.27. The molecular formula is C18H21BrN2O2S. The van der Waals surface area contributed by atoms with Gasteiger partial charge in [0.25, 0.3) is 5.91 Å². The third-order valence-electron chi connectivity index (χ3n) is 4.07. The molecular weight excluding hydrogens is 388 g/mol. The highest BCUT2D eigenvalue weighted by atomic mass is 79.9. The Morgan fingerprint density at radius 3 is 2.88 bits per heavy atom. The predicted molar refractivity (Wildman–Crippen MR) is 102 cm³/mol. The van der Waals surface area contributed by atoms with Crippen LogP contribution in [0.25, 0.3) is 0 Å². The Morgan fingerprint density at radius 2 is 2.21 bits per heavy atom. The molecule has 1 aliphatic rings. The summed E-state index contributed by atoms with van der Waals surface area (Å²) in [5.74, 6) is -0.0875. The van der Waals surface area contributed by atoms with E-state index < -0.39 is 5.60 Å². The number of rotatable bonds is 4. The van der Waals surface area contributed by atoms with Crippen LogP contribution in [0.2, 0.25) is 0 Å². The normalized spacial score (nSPS) is 15.2. The second kappa shape index (κ2) is 6.96. The number of nitrogens with one attached hydrogen (secondary N) is 1. The lowest BCUT2D eigenvalue weighted by atomic mass is 9.96. The van der Waals surface area contributed by atoms with Crippen molar-refractivity contribution in [1.82, 2.24) is 4.90 Å². The molecule has 24 heavy (non-hydrogen) atoms. The number of nitrogens with zero attached hydrogens (tertiary/aromatic N) is 1. The van der Waals surface area contributed by atoms with Gasteiger partial charge in [0.05, 0.1) is 15.0 Å². The molecule has 0 fully saturated rings. The maximum absolute atomic E-state index is 12.5. The first-order chi connectivity index (χ1) is 11.3. The first-order valence-electron chi connectivity index (χ1n) is 7.93. The summed E-state index contributed by atoms with van der Waals surface area (Å²) >= 11 is 4.92. The van der Waals surface area contributed by atoms with Crippen LogP contribution in [-0.2, 0) is 13.0 Å². The van der Waals surface area contributed by atoms with Crippen LogP contribution in [0.3, 0.4) is 0 Å². The SMILES string of the molecule is CC(C)(O)CN1CCc2c(cccc2NC(=O)c2ccsc2Br)C1. The van der Waals surface area contributed by atoms with E-state index in [1.165, 1.54) is 22.5 Å². The van der Waals surface area contributed by atoms with Gasteiger partial charge in [-0.15, -0.1) is 11.3 Å². The first kappa shape index (κ1) is 17.6. The monoisotopic (exact) mass is 408 g/mol. The number of hydrogen-bond donors (Lipinski definition) is 2. The van der Waals surface area contributed by atoms with Crippen molar-refractivity contribution in [2.24, 2.45) is 0 Å². The Kier molecular flexibility index (Phi) is 5.11. The number of benzene rings is 1. The van der Waals surface area contributed by atoms with Crippen molar-refractivity contribution >= 4 is 38.9 Å². The standard InChI is InChI=1S/C18H21BrN2O2S/c1-18(2,23)11-21-8-6-13-12(10-21)4-3-5-15(13)20-17(22)14-7-9-24-16(14)19/h3-5,7,9,23H,6,8,10-11H2,1-2H3,(H,20,22). The second-order valence-corrected chi connectivity index (χ2v) is 9.01. The molecule has 1 amide bonds. The summed E-state index contributed by atoms with van der Waals surface area (Å²) in [6.07, 6.45) is 0.868. The maximum atomic E-state index is 12.5. The molecule has 0 bridgehead atoms. The summed E-state index contributed by atoms with van der Waals surface area (Å²) in [6, 6.07) is 7.86. The van der Waals surface area contributed by atoms with Gasteiger partial charge in [0.2, 0.25) is 0 Å². The molecule has 0 atom stereocenters. The highest BCUT2D eigenvalue weighted by Crippen LogP contribution is 2.29. The number of carbonyl (C=O) groups excluding carboxylic acids is 1. The molecule has 4 nitrogen and oxygen atoms in total. The van der Waals surface area contributed by atoms with Crippen LogP contribution in [0, 0.1) is 0 Å². The summed E-state index contributed by atoms with van der Waals surface area (Å²) in [6.45, 7) is 5.98. The summed E-state index contributed by atoms with van der Waals surface area (Å²) in [5, 5.41) is 15.0. The number of fused-ring (bicyclic) bond motifs is 1. The van der Waals surface area contributed by atoms with Crippen LogP contribution in [0.1, 0.15) is 35.3 Å². The summed E-state index contributed by atoms with van der Waals surface area (Å²) in [4.78, 5) is 14.7. The molecule has 2 aromatic rings. The fourth-order valence-corrected chi connectivity index (χ4v) is 4.36. The van der Waals surface area contributed by atoms with Crippen LogP contribution in [0.4, 0.5) is 5.69 Å². The average molecular weight is 409 g/mol. The number of hydrogen-bond acceptors (Lipinski definition) is 4. The molecule has 0 saturated carbocycles. The topological polar surface area (TPSA) is 52.6 Å². The van der Waals surface area contributed by atoms with E-state index >= 15 is 0 Å². The number of carbonyl (C=O) groups is 1. The minimum Gasteiger partial charge on any atom is -0.389 e. The third-order valence-corrected chi connectivity index (χ3v) is 5.75. The molecule has 1 aliphatic heterocycles. The van der Waals surface area contributed by atoms with Crippen molar-refractivity contribution in [3.63, 3.8) is 0 Å². The molecule has 6 heteroatoms. The van der Waals surface area contributed by atoms with Crippen LogP contribution >= 0.6 is 27.3 Å². The largest absolute Gasteiger partial charge is 0.389 e. The van der Waals surface area contributed by atoms with Gasteiger partial charge in [-0.2, -0.15) is 0 Å². The van der Waals surface area contributed by atoms with Crippen molar-refractivity contribution in [2.45, 2.75) is 32.4 Å². The third kappa shape index (κ3) is 4.06. The number of amides is 1. The second-order valence-electron chi connectivity index (χ2n) is 6.78. The quantitative estimate of drug-likeness (QED) is 0.806. The lowest BCUT2D eigenvalue weighted by molar-refractivity contribution is 0.0318. The molecule has 2 heterocycles. The van der Waals surface area contributed by atoms with E-state index in [2.05, 4.69) is 32.2 Å². The Hall–Kier alpha value is -1.21. The van der Waals surface area contributed by atoms with Crippen molar-refractivity contribution in [3.8, 4) is 0 Å². The maximum Gasteiger partial charge on any atom is 0.257 e. The van der Waals surface area contributed by atoms with Gasteiger partial charge in [-0.05, 0) is 64.8 Å². The average Bonchev–Trinajstić information content (AvgIpc) is 2.92. The van der Waals surface area contributed by atoms with E-state index in [1.807, 2.05) is 37.4 Å². The number of anilines is 1. The van der Waals surface area contributed by atoms with Crippen LogP contribution < -0.4 is 5.32 Å². The summed E-state index contributed by atoms with van der Waals surface area (Å²) < 4.78 is 0.848. The molecule has 0 saturated heterocycles. The van der Waals surface area contributed by atoms with Gasteiger partial charge in [-0.1, -0.05) is 12.1 Å². The molecule has 0 unspecified atom stereocenters.